The maximum absolute atomic E-state index is 12.6. The minimum atomic E-state index is 0.0616. The summed E-state index contributed by atoms with van der Waals surface area (Å²) in [4.78, 5) is 16.1. The number of methoxy groups -OCH3 is 1. The number of H-pyrrole nitrogens is 1. The van der Waals surface area contributed by atoms with Crippen molar-refractivity contribution in [1.29, 1.82) is 0 Å². The summed E-state index contributed by atoms with van der Waals surface area (Å²) in [6.07, 6.45) is 3.59. The Morgan fingerprint density at radius 2 is 2.04 bits per heavy atom. The van der Waals surface area contributed by atoms with Gasteiger partial charge in [0.1, 0.15) is 5.75 Å². The minimum absolute atomic E-state index is 0.0616. The third-order valence-electron chi connectivity index (χ3n) is 5.73. The van der Waals surface area contributed by atoms with Gasteiger partial charge in [-0.1, -0.05) is 0 Å². The number of amides is 1. The molecule has 1 aromatic carbocycles. The van der Waals surface area contributed by atoms with Crippen LogP contribution in [0.25, 0.3) is 10.9 Å². The van der Waals surface area contributed by atoms with E-state index in [0.717, 1.165) is 42.8 Å². The summed E-state index contributed by atoms with van der Waals surface area (Å²) in [6, 6.07) is 10.4. The highest BCUT2D eigenvalue weighted by Crippen LogP contribution is 2.36. The zero-order valence-electron chi connectivity index (χ0n) is 16.3. The fourth-order valence-corrected chi connectivity index (χ4v) is 4.24. The van der Waals surface area contributed by atoms with Gasteiger partial charge in [0.2, 0.25) is 5.91 Å². The highest BCUT2D eigenvalue weighted by Gasteiger charge is 2.25. The van der Waals surface area contributed by atoms with E-state index in [4.69, 9.17) is 4.74 Å². The largest absolute Gasteiger partial charge is 0.497 e. The molecule has 0 aliphatic heterocycles. The zero-order valence-corrected chi connectivity index (χ0v) is 16.3. The molecule has 2 aromatic heterocycles. The first kappa shape index (κ1) is 17.7. The van der Waals surface area contributed by atoms with Gasteiger partial charge in [0.25, 0.3) is 0 Å². The smallest absolute Gasteiger partial charge is 0.222 e. The lowest BCUT2D eigenvalue weighted by molar-refractivity contribution is -0.122. The molecule has 0 fully saturated rings. The van der Waals surface area contributed by atoms with Gasteiger partial charge in [-0.2, -0.15) is 0 Å². The zero-order chi connectivity index (χ0) is 19.0. The molecule has 3 aromatic rings. The SMILES string of the molecule is COc1ccc2[nH]c3c(c2c1)CCC[C@@H]3NC(=O)CCn1c(C)ccc1C. The number of carbonyl (C=O) groups excluding carboxylic acids is 1. The van der Waals surface area contributed by atoms with Crippen LogP contribution < -0.4 is 10.1 Å². The van der Waals surface area contributed by atoms with Crippen molar-refractivity contribution in [3.8, 4) is 5.75 Å². The van der Waals surface area contributed by atoms with Crippen LogP contribution in [0.15, 0.2) is 30.3 Å². The predicted molar refractivity (Wildman–Crippen MR) is 107 cm³/mol. The van der Waals surface area contributed by atoms with Crippen LogP contribution in [0.1, 0.15) is 47.9 Å². The van der Waals surface area contributed by atoms with E-state index in [2.05, 4.69) is 53.0 Å². The lowest BCUT2D eigenvalue weighted by atomic mass is 9.91. The number of aryl methyl sites for hydroxylation is 3. The van der Waals surface area contributed by atoms with Crippen LogP contribution in [0.3, 0.4) is 0 Å². The van der Waals surface area contributed by atoms with Gasteiger partial charge < -0.3 is 19.6 Å². The highest BCUT2D eigenvalue weighted by molar-refractivity contribution is 5.87. The fourth-order valence-electron chi connectivity index (χ4n) is 4.24. The van der Waals surface area contributed by atoms with Crippen molar-refractivity contribution < 1.29 is 9.53 Å². The summed E-state index contributed by atoms with van der Waals surface area (Å²) >= 11 is 0. The van der Waals surface area contributed by atoms with E-state index in [1.165, 1.54) is 22.3 Å². The number of fused-ring (bicyclic) bond motifs is 3. The van der Waals surface area contributed by atoms with Crippen LogP contribution in [0.5, 0.6) is 5.75 Å². The van der Waals surface area contributed by atoms with Crippen molar-refractivity contribution >= 4 is 16.8 Å². The molecule has 4 rings (SSSR count). The van der Waals surface area contributed by atoms with Gasteiger partial charge in [0, 0.05) is 41.0 Å². The van der Waals surface area contributed by atoms with E-state index in [1.54, 1.807) is 7.11 Å². The molecule has 5 nitrogen and oxygen atoms in total. The molecule has 0 saturated carbocycles. The molecule has 2 heterocycles. The number of rotatable bonds is 5. The number of nitrogens with zero attached hydrogens (tertiary/aromatic N) is 1. The number of carbonyl (C=O) groups is 1. The Bertz CT molecular complexity index is 964. The Morgan fingerprint density at radius 3 is 2.78 bits per heavy atom. The van der Waals surface area contributed by atoms with Gasteiger partial charge >= 0.3 is 0 Å². The number of hydrogen-bond acceptors (Lipinski definition) is 2. The van der Waals surface area contributed by atoms with E-state index >= 15 is 0 Å². The van der Waals surface area contributed by atoms with Gasteiger partial charge in [-0.15, -0.1) is 0 Å². The van der Waals surface area contributed by atoms with E-state index in [0.29, 0.717) is 6.42 Å². The third kappa shape index (κ3) is 3.34. The predicted octanol–water partition coefficient (Wildman–Crippen LogP) is 4.18. The van der Waals surface area contributed by atoms with Crippen molar-refractivity contribution in [2.45, 2.75) is 52.1 Å². The Balaban J connectivity index is 1.50. The van der Waals surface area contributed by atoms with E-state index in [1.807, 2.05) is 6.07 Å². The van der Waals surface area contributed by atoms with Crippen LogP contribution in [0.2, 0.25) is 0 Å². The number of hydrogen-bond donors (Lipinski definition) is 2. The molecule has 1 amide bonds. The minimum Gasteiger partial charge on any atom is -0.497 e. The Kier molecular flexibility index (Phi) is 4.68. The second kappa shape index (κ2) is 7.14. The average Bonchev–Trinajstić information content (AvgIpc) is 3.20. The molecule has 5 heteroatoms. The molecule has 0 bridgehead atoms. The van der Waals surface area contributed by atoms with E-state index in [-0.39, 0.29) is 11.9 Å². The van der Waals surface area contributed by atoms with Gasteiger partial charge in [-0.05, 0) is 69.0 Å². The molecule has 0 unspecified atom stereocenters. The first-order valence-corrected chi connectivity index (χ1v) is 9.67. The lowest BCUT2D eigenvalue weighted by Crippen LogP contribution is -2.31. The van der Waals surface area contributed by atoms with Crippen LogP contribution in [-0.4, -0.2) is 22.6 Å². The number of nitrogens with one attached hydrogen (secondary N) is 2. The molecule has 1 aliphatic carbocycles. The summed E-state index contributed by atoms with van der Waals surface area (Å²) < 4.78 is 7.57. The average molecular weight is 365 g/mol. The molecule has 1 atom stereocenters. The third-order valence-corrected chi connectivity index (χ3v) is 5.73. The fraction of sp³-hybridized carbons (Fsp3) is 0.409. The maximum atomic E-state index is 12.6. The number of aromatic amines is 1. The summed E-state index contributed by atoms with van der Waals surface area (Å²) in [5.74, 6) is 0.976. The molecule has 142 valence electrons. The Morgan fingerprint density at radius 1 is 1.26 bits per heavy atom. The van der Waals surface area contributed by atoms with Gasteiger partial charge in [0.05, 0.1) is 13.2 Å². The number of benzene rings is 1. The number of aromatic nitrogens is 2. The first-order valence-electron chi connectivity index (χ1n) is 9.67. The molecule has 0 saturated heterocycles. The monoisotopic (exact) mass is 365 g/mol. The first-order chi connectivity index (χ1) is 13.1. The summed E-state index contributed by atoms with van der Waals surface area (Å²) in [6.45, 7) is 4.88. The summed E-state index contributed by atoms with van der Waals surface area (Å²) in [7, 11) is 1.69. The van der Waals surface area contributed by atoms with Crippen LogP contribution in [-0.2, 0) is 17.8 Å². The Labute approximate surface area is 159 Å². The topological polar surface area (TPSA) is 59.0 Å². The molecule has 27 heavy (non-hydrogen) atoms. The second-order valence-corrected chi connectivity index (χ2v) is 7.46. The van der Waals surface area contributed by atoms with Crippen molar-refractivity contribution in [3.05, 3.63) is 53.0 Å². The van der Waals surface area contributed by atoms with Crippen molar-refractivity contribution in [2.24, 2.45) is 0 Å². The molecule has 0 radical (unpaired) electrons. The van der Waals surface area contributed by atoms with E-state index < -0.39 is 0 Å². The molecule has 0 spiro atoms. The maximum Gasteiger partial charge on any atom is 0.222 e. The normalized spacial score (nSPS) is 16.3. The standard InChI is InChI=1S/C22H27N3O2/c1-14-7-8-15(2)25(14)12-11-21(26)23-20-6-4-5-17-18-13-16(27-3)9-10-19(18)24-22(17)20/h7-10,13,20,24H,4-6,11-12H2,1-3H3,(H,23,26)/t20-/m0/s1. The highest BCUT2D eigenvalue weighted by atomic mass is 16.5. The lowest BCUT2D eigenvalue weighted by Gasteiger charge is -2.24. The van der Waals surface area contributed by atoms with Crippen LogP contribution in [0.4, 0.5) is 0 Å². The summed E-state index contributed by atoms with van der Waals surface area (Å²) in [5, 5.41) is 4.46. The molecule has 1 aliphatic rings. The Hall–Kier alpha value is -2.69. The van der Waals surface area contributed by atoms with Crippen LogP contribution >= 0.6 is 0 Å². The quantitative estimate of drug-likeness (QED) is 0.713. The van der Waals surface area contributed by atoms with Gasteiger partial charge in [-0.25, -0.2) is 0 Å². The van der Waals surface area contributed by atoms with Crippen molar-refractivity contribution in [1.82, 2.24) is 14.9 Å². The summed E-state index contributed by atoms with van der Waals surface area (Å²) in [5.41, 5.74) is 5.99. The van der Waals surface area contributed by atoms with E-state index in [9.17, 15) is 4.79 Å². The van der Waals surface area contributed by atoms with Crippen LogP contribution in [0, 0.1) is 13.8 Å². The van der Waals surface area contributed by atoms with Gasteiger partial charge in [-0.3, -0.25) is 4.79 Å². The van der Waals surface area contributed by atoms with Crippen molar-refractivity contribution in [3.63, 3.8) is 0 Å². The molecular formula is C22H27N3O2. The second-order valence-electron chi connectivity index (χ2n) is 7.46. The van der Waals surface area contributed by atoms with Crippen molar-refractivity contribution in [2.75, 3.05) is 7.11 Å². The number of ether oxygens (including phenoxy) is 1. The molecule has 2 N–H and O–H groups in total. The molecular weight excluding hydrogens is 338 g/mol. The van der Waals surface area contributed by atoms with Gasteiger partial charge in [0.15, 0.2) is 0 Å².